The summed E-state index contributed by atoms with van der Waals surface area (Å²) in [6.07, 6.45) is 0. The lowest BCUT2D eigenvalue weighted by Crippen LogP contribution is -2.39. The summed E-state index contributed by atoms with van der Waals surface area (Å²) in [5.74, 6) is -0.262. The van der Waals surface area contributed by atoms with Gasteiger partial charge in [-0.25, -0.2) is 4.79 Å². The third-order valence-corrected chi connectivity index (χ3v) is 3.16. The van der Waals surface area contributed by atoms with Gasteiger partial charge in [0, 0.05) is 6.54 Å². The van der Waals surface area contributed by atoms with Crippen molar-refractivity contribution in [3.63, 3.8) is 0 Å². The van der Waals surface area contributed by atoms with E-state index >= 15 is 0 Å². The fourth-order valence-corrected chi connectivity index (χ4v) is 1.97. The summed E-state index contributed by atoms with van der Waals surface area (Å²) in [4.78, 5) is 13.2. The van der Waals surface area contributed by atoms with E-state index in [9.17, 15) is 4.79 Å². The molecule has 0 N–H and O–H groups in total. The van der Waals surface area contributed by atoms with E-state index in [2.05, 4.69) is 15.9 Å². The number of halogens is 1. The van der Waals surface area contributed by atoms with E-state index in [-0.39, 0.29) is 5.97 Å². The number of rotatable bonds is 2. The monoisotopic (exact) mass is 247 g/mol. The summed E-state index contributed by atoms with van der Waals surface area (Å²) >= 11 is 3.22. The third-order valence-electron chi connectivity index (χ3n) is 2.24. The highest BCUT2D eigenvalue weighted by Crippen LogP contribution is 2.35. The van der Waals surface area contributed by atoms with Gasteiger partial charge in [0.05, 0.1) is 0 Å². The molecule has 0 fully saturated rings. The molecule has 13 heavy (non-hydrogen) atoms. The van der Waals surface area contributed by atoms with Crippen molar-refractivity contribution in [1.82, 2.24) is 4.90 Å². The van der Waals surface area contributed by atoms with Gasteiger partial charge in [0.1, 0.15) is 10.1 Å². The smallest absolute Gasteiger partial charge is 0.346 e. The van der Waals surface area contributed by atoms with Crippen LogP contribution in [0.3, 0.4) is 0 Å². The molecule has 1 rings (SSSR count). The van der Waals surface area contributed by atoms with Crippen LogP contribution in [0.5, 0.6) is 0 Å². The zero-order chi connectivity index (χ0) is 10.2. The molecule has 1 heterocycles. The first-order valence-corrected chi connectivity index (χ1v) is 4.91. The average Bonchev–Trinajstić information content (AvgIpc) is 2.14. The van der Waals surface area contributed by atoms with Gasteiger partial charge in [-0.1, -0.05) is 0 Å². The van der Waals surface area contributed by atoms with E-state index in [4.69, 9.17) is 4.74 Å². The molecule has 1 unspecified atom stereocenters. The fourth-order valence-electron chi connectivity index (χ4n) is 1.47. The van der Waals surface area contributed by atoms with Gasteiger partial charge in [0.2, 0.25) is 0 Å². The Morgan fingerprint density at radius 1 is 1.54 bits per heavy atom. The molecule has 3 nitrogen and oxygen atoms in total. The standard InChI is InChI=1S/C9H14BrNO2/c1-6-7(10)8(12)13-9(6,2)5-11(3)4/h5H2,1-4H3. The third kappa shape index (κ3) is 1.94. The molecule has 0 bridgehead atoms. The van der Waals surface area contributed by atoms with Crippen molar-refractivity contribution in [2.75, 3.05) is 20.6 Å². The van der Waals surface area contributed by atoms with Gasteiger partial charge in [-0.2, -0.15) is 0 Å². The van der Waals surface area contributed by atoms with Gasteiger partial charge in [-0.3, -0.25) is 0 Å². The molecule has 0 aromatic heterocycles. The highest BCUT2D eigenvalue weighted by atomic mass is 79.9. The van der Waals surface area contributed by atoms with Crippen LogP contribution in [-0.4, -0.2) is 37.1 Å². The summed E-state index contributed by atoms with van der Waals surface area (Å²) in [5.41, 5.74) is 0.491. The second kappa shape index (κ2) is 3.42. The molecule has 0 spiro atoms. The van der Waals surface area contributed by atoms with Gasteiger partial charge in [-0.05, 0) is 49.4 Å². The number of ether oxygens (including phenoxy) is 1. The number of nitrogens with zero attached hydrogens (tertiary/aromatic N) is 1. The van der Waals surface area contributed by atoms with Crippen LogP contribution in [0.1, 0.15) is 13.8 Å². The van der Waals surface area contributed by atoms with E-state index in [0.717, 1.165) is 5.57 Å². The molecule has 1 atom stereocenters. The number of carbonyl (C=O) groups excluding carboxylic acids is 1. The highest BCUT2D eigenvalue weighted by Gasteiger charge is 2.40. The average molecular weight is 248 g/mol. The van der Waals surface area contributed by atoms with Crippen LogP contribution in [0.25, 0.3) is 0 Å². The Kier molecular flexibility index (Phi) is 2.82. The second-order valence-electron chi connectivity index (χ2n) is 3.80. The molecule has 1 aliphatic heterocycles. The Hall–Kier alpha value is -0.350. The Morgan fingerprint density at radius 3 is 2.38 bits per heavy atom. The number of likely N-dealkylation sites (N-methyl/N-ethyl adjacent to an activating group) is 1. The van der Waals surface area contributed by atoms with Crippen molar-refractivity contribution in [2.45, 2.75) is 19.4 Å². The number of hydrogen-bond acceptors (Lipinski definition) is 3. The molecule has 0 radical (unpaired) electrons. The predicted molar refractivity (Wildman–Crippen MR) is 54.7 cm³/mol. The van der Waals surface area contributed by atoms with Crippen molar-refractivity contribution in [2.24, 2.45) is 0 Å². The van der Waals surface area contributed by atoms with Crippen LogP contribution in [0, 0.1) is 0 Å². The lowest BCUT2D eigenvalue weighted by Gasteiger charge is -2.28. The van der Waals surface area contributed by atoms with Crippen LogP contribution in [0.2, 0.25) is 0 Å². The maximum atomic E-state index is 11.2. The molecule has 74 valence electrons. The second-order valence-corrected chi connectivity index (χ2v) is 4.59. The van der Waals surface area contributed by atoms with Crippen LogP contribution < -0.4 is 0 Å². The normalized spacial score (nSPS) is 28.6. The van der Waals surface area contributed by atoms with Crippen molar-refractivity contribution in [3.8, 4) is 0 Å². The minimum atomic E-state index is -0.473. The van der Waals surface area contributed by atoms with Gasteiger partial charge in [0.25, 0.3) is 0 Å². The molecule has 0 aromatic carbocycles. The lowest BCUT2D eigenvalue weighted by molar-refractivity contribution is -0.145. The molecular formula is C9H14BrNO2. The molecule has 0 aromatic rings. The van der Waals surface area contributed by atoms with Crippen LogP contribution in [0.4, 0.5) is 0 Å². The summed E-state index contributed by atoms with van der Waals surface area (Å²) in [7, 11) is 3.91. The topological polar surface area (TPSA) is 29.5 Å². The predicted octanol–water partition coefficient (Wildman–Crippen LogP) is 1.53. The van der Waals surface area contributed by atoms with Crippen molar-refractivity contribution in [3.05, 3.63) is 10.1 Å². The maximum absolute atomic E-state index is 11.2. The Labute approximate surface area is 86.9 Å². The van der Waals surface area contributed by atoms with Crippen LogP contribution in [0.15, 0.2) is 10.1 Å². The maximum Gasteiger partial charge on any atom is 0.346 e. The van der Waals surface area contributed by atoms with E-state index in [1.165, 1.54) is 0 Å². The Bertz CT molecular complexity index is 273. The molecule has 4 heteroatoms. The van der Waals surface area contributed by atoms with Gasteiger partial charge < -0.3 is 9.64 Å². The van der Waals surface area contributed by atoms with Crippen LogP contribution in [-0.2, 0) is 9.53 Å². The van der Waals surface area contributed by atoms with E-state index in [1.54, 1.807) is 0 Å². The molecule has 0 amide bonds. The van der Waals surface area contributed by atoms with Gasteiger partial charge >= 0.3 is 5.97 Å². The van der Waals surface area contributed by atoms with E-state index in [1.807, 2.05) is 32.8 Å². The van der Waals surface area contributed by atoms with Crippen molar-refractivity contribution >= 4 is 21.9 Å². The molecule has 0 saturated carbocycles. The van der Waals surface area contributed by atoms with Gasteiger partial charge in [0.15, 0.2) is 0 Å². The lowest BCUT2D eigenvalue weighted by atomic mass is 9.98. The summed E-state index contributed by atoms with van der Waals surface area (Å²) < 4.78 is 5.85. The van der Waals surface area contributed by atoms with Crippen molar-refractivity contribution in [1.29, 1.82) is 0 Å². The zero-order valence-electron chi connectivity index (χ0n) is 8.35. The minimum Gasteiger partial charge on any atom is -0.449 e. The first-order valence-electron chi connectivity index (χ1n) is 4.12. The molecule has 0 saturated heterocycles. The molecule has 0 aliphatic carbocycles. The SMILES string of the molecule is CC1=C(Br)C(=O)OC1(C)CN(C)C. The highest BCUT2D eigenvalue weighted by molar-refractivity contribution is 9.12. The van der Waals surface area contributed by atoms with Crippen LogP contribution >= 0.6 is 15.9 Å². The summed E-state index contributed by atoms with van der Waals surface area (Å²) in [6.45, 7) is 4.55. The van der Waals surface area contributed by atoms with E-state index < -0.39 is 5.60 Å². The molecule has 1 aliphatic rings. The van der Waals surface area contributed by atoms with Crippen molar-refractivity contribution < 1.29 is 9.53 Å². The Balaban J connectivity index is 2.90. The summed E-state index contributed by atoms with van der Waals surface area (Å²) in [5, 5.41) is 0. The minimum absolute atomic E-state index is 0.262. The largest absolute Gasteiger partial charge is 0.449 e. The first-order chi connectivity index (χ1) is 5.87. The summed E-state index contributed by atoms with van der Waals surface area (Å²) in [6, 6.07) is 0. The number of cyclic esters (lactones) is 1. The number of carbonyl (C=O) groups is 1. The number of hydrogen-bond donors (Lipinski definition) is 0. The Morgan fingerprint density at radius 2 is 2.08 bits per heavy atom. The molecular weight excluding hydrogens is 234 g/mol. The fraction of sp³-hybridized carbons (Fsp3) is 0.667. The van der Waals surface area contributed by atoms with Gasteiger partial charge in [-0.15, -0.1) is 0 Å². The van der Waals surface area contributed by atoms with E-state index in [0.29, 0.717) is 11.0 Å². The number of esters is 1. The quantitative estimate of drug-likeness (QED) is 0.694. The first kappa shape index (κ1) is 10.7. The zero-order valence-corrected chi connectivity index (χ0v) is 9.93.